The Morgan fingerprint density at radius 2 is 2.43 bits per heavy atom. The summed E-state index contributed by atoms with van der Waals surface area (Å²) in [7, 11) is 1.72. The van der Waals surface area contributed by atoms with Crippen LogP contribution >= 0.6 is 0 Å². The van der Waals surface area contributed by atoms with Crippen molar-refractivity contribution in [3.05, 3.63) is 24.0 Å². The van der Waals surface area contributed by atoms with Gasteiger partial charge < -0.3 is 4.74 Å². The van der Waals surface area contributed by atoms with Gasteiger partial charge in [-0.15, -0.1) is 0 Å². The van der Waals surface area contributed by atoms with Gasteiger partial charge in [-0.1, -0.05) is 19.4 Å². The average Bonchev–Trinajstić information content (AvgIpc) is 2.59. The molecule has 2 nitrogen and oxygen atoms in total. The van der Waals surface area contributed by atoms with E-state index in [0.29, 0.717) is 12.0 Å². The maximum atomic E-state index is 5.22. The number of hydrogen-bond donors (Lipinski definition) is 0. The Balaban J connectivity index is 2.06. The monoisotopic (exact) mass is 191 g/mol. The Morgan fingerprint density at radius 3 is 3.14 bits per heavy atom. The fraction of sp³-hybridized carbons (Fsp3) is 0.583. The first-order valence-corrected chi connectivity index (χ1v) is 5.33. The van der Waals surface area contributed by atoms with Gasteiger partial charge in [-0.25, -0.2) is 0 Å². The van der Waals surface area contributed by atoms with E-state index in [0.717, 1.165) is 18.6 Å². The third-order valence-corrected chi connectivity index (χ3v) is 2.85. The summed E-state index contributed by atoms with van der Waals surface area (Å²) in [4.78, 5) is 4.70. The second-order valence-corrected chi connectivity index (χ2v) is 3.94. The third-order valence-electron chi connectivity index (χ3n) is 2.85. The van der Waals surface area contributed by atoms with Gasteiger partial charge in [0.1, 0.15) is 5.76 Å². The standard InChI is InChI=1S/C12H17NO/c1-3-4-10-7-9-8-11(14-2)5-6-12(9)13-10/h5-6,8-9,12H,3-4,7H2,1-2H3. The Morgan fingerprint density at radius 1 is 1.57 bits per heavy atom. The van der Waals surface area contributed by atoms with Gasteiger partial charge in [0.05, 0.1) is 13.2 Å². The van der Waals surface area contributed by atoms with Crippen LogP contribution in [0.4, 0.5) is 0 Å². The second kappa shape index (κ2) is 3.99. The maximum Gasteiger partial charge on any atom is 0.115 e. The van der Waals surface area contributed by atoms with Crippen molar-refractivity contribution in [2.45, 2.75) is 32.2 Å². The van der Waals surface area contributed by atoms with E-state index in [9.17, 15) is 0 Å². The lowest BCUT2D eigenvalue weighted by Gasteiger charge is -2.16. The molecule has 0 fully saturated rings. The predicted molar refractivity (Wildman–Crippen MR) is 58.5 cm³/mol. The molecule has 0 saturated carbocycles. The van der Waals surface area contributed by atoms with Crippen LogP contribution in [0.25, 0.3) is 0 Å². The lowest BCUT2D eigenvalue weighted by atomic mass is 9.93. The van der Waals surface area contributed by atoms with E-state index in [1.807, 2.05) is 6.08 Å². The largest absolute Gasteiger partial charge is 0.497 e. The lowest BCUT2D eigenvalue weighted by Crippen LogP contribution is -2.13. The van der Waals surface area contributed by atoms with Crippen LogP contribution in [0.15, 0.2) is 29.0 Å². The smallest absolute Gasteiger partial charge is 0.115 e. The summed E-state index contributed by atoms with van der Waals surface area (Å²) in [5, 5.41) is 0. The quantitative estimate of drug-likeness (QED) is 0.672. The molecule has 0 aromatic heterocycles. The Kier molecular flexibility index (Phi) is 2.71. The van der Waals surface area contributed by atoms with Crippen molar-refractivity contribution in [1.82, 2.24) is 0 Å². The van der Waals surface area contributed by atoms with Crippen LogP contribution < -0.4 is 0 Å². The number of fused-ring (bicyclic) bond motifs is 1. The van der Waals surface area contributed by atoms with E-state index >= 15 is 0 Å². The SMILES string of the molecule is CCCC1=NC2C=CC(OC)=CC2C1. The fourth-order valence-corrected chi connectivity index (χ4v) is 2.15. The molecule has 0 amide bonds. The van der Waals surface area contributed by atoms with Gasteiger partial charge in [0, 0.05) is 11.6 Å². The van der Waals surface area contributed by atoms with Crippen molar-refractivity contribution in [3.63, 3.8) is 0 Å². The van der Waals surface area contributed by atoms with Gasteiger partial charge in [0.15, 0.2) is 0 Å². The van der Waals surface area contributed by atoms with Gasteiger partial charge >= 0.3 is 0 Å². The highest BCUT2D eigenvalue weighted by Crippen LogP contribution is 2.30. The van der Waals surface area contributed by atoms with Gasteiger partial charge in [0.2, 0.25) is 0 Å². The fourth-order valence-electron chi connectivity index (χ4n) is 2.15. The van der Waals surface area contributed by atoms with Gasteiger partial charge in [-0.05, 0) is 25.0 Å². The highest BCUT2D eigenvalue weighted by atomic mass is 16.5. The molecule has 2 rings (SSSR count). The minimum Gasteiger partial charge on any atom is -0.497 e. The molecule has 2 aliphatic rings. The average molecular weight is 191 g/mol. The van der Waals surface area contributed by atoms with Crippen LogP contribution in [-0.4, -0.2) is 18.9 Å². The molecule has 0 N–H and O–H groups in total. The molecule has 0 bridgehead atoms. The first-order valence-electron chi connectivity index (χ1n) is 5.33. The molecular formula is C12H17NO. The molecular weight excluding hydrogens is 174 g/mol. The minimum atomic E-state index is 0.385. The van der Waals surface area contributed by atoms with Crippen LogP contribution in [0.1, 0.15) is 26.2 Å². The zero-order valence-electron chi connectivity index (χ0n) is 8.86. The topological polar surface area (TPSA) is 21.6 Å². The normalized spacial score (nSPS) is 29.6. The molecule has 0 saturated heterocycles. The van der Waals surface area contributed by atoms with Crippen LogP contribution in [0.2, 0.25) is 0 Å². The lowest BCUT2D eigenvalue weighted by molar-refractivity contribution is 0.299. The Bertz CT molecular complexity index is 301. The van der Waals surface area contributed by atoms with E-state index in [1.54, 1.807) is 7.11 Å². The highest BCUT2D eigenvalue weighted by molar-refractivity contribution is 5.87. The zero-order valence-corrected chi connectivity index (χ0v) is 8.86. The molecule has 2 heteroatoms. The molecule has 2 unspecified atom stereocenters. The number of hydrogen-bond acceptors (Lipinski definition) is 2. The number of nitrogens with zero attached hydrogens (tertiary/aromatic N) is 1. The molecule has 1 heterocycles. The van der Waals surface area contributed by atoms with Crippen molar-refractivity contribution in [2.24, 2.45) is 10.9 Å². The van der Waals surface area contributed by atoms with Crippen LogP contribution in [-0.2, 0) is 4.74 Å². The minimum absolute atomic E-state index is 0.385. The number of methoxy groups -OCH3 is 1. The summed E-state index contributed by atoms with van der Waals surface area (Å²) >= 11 is 0. The third kappa shape index (κ3) is 1.74. The van der Waals surface area contributed by atoms with E-state index in [1.165, 1.54) is 12.1 Å². The molecule has 0 aromatic rings. The van der Waals surface area contributed by atoms with Crippen molar-refractivity contribution in [3.8, 4) is 0 Å². The molecule has 0 spiro atoms. The molecule has 1 aliphatic carbocycles. The van der Waals surface area contributed by atoms with Crippen molar-refractivity contribution in [1.29, 1.82) is 0 Å². The van der Waals surface area contributed by atoms with E-state index < -0.39 is 0 Å². The van der Waals surface area contributed by atoms with Crippen molar-refractivity contribution in [2.75, 3.05) is 7.11 Å². The van der Waals surface area contributed by atoms with Gasteiger partial charge in [0.25, 0.3) is 0 Å². The van der Waals surface area contributed by atoms with Crippen LogP contribution in [0.5, 0.6) is 0 Å². The summed E-state index contributed by atoms with van der Waals surface area (Å²) in [5.41, 5.74) is 1.38. The number of aliphatic imine (C=N–C) groups is 1. The summed E-state index contributed by atoms with van der Waals surface area (Å²) in [6, 6.07) is 0.385. The second-order valence-electron chi connectivity index (χ2n) is 3.94. The molecule has 14 heavy (non-hydrogen) atoms. The summed E-state index contributed by atoms with van der Waals surface area (Å²) in [6.07, 6.45) is 9.86. The summed E-state index contributed by atoms with van der Waals surface area (Å²) in [6.45, 7) is 2.21. The number of ether oxygens (including phenoxy) is 1. The first-order chi connectivity index (χ1) is 6.83. The van der Waals surface area contributed by atoms with Crippen LogP contribution in [0, 0.1) is 5.92 Å². The van der Waals surface area contributed by atoms with Gasteiger partial charge in [-0.2, -0.15) is 0 Å². The molecule has 0 radical (unpaired) electrons. The van der Waals surface area contributed by atoms with Crippen molar-refractivity contribution < 1.29 is 4.74 Å². The Hall–Kier alpha value is -1.05. The zero-order chi connectivity index (χ0) is 9.97. The number of rotatable bonds is 3. The molecule has 76 valence electrons. The predicted octanol–water partition coefficient (Wildman–Crippen LogP) is 2.72. The van der Waals surface area contributed by atoms with E-state index in [4.69, 9.17) is 9.73 Å². The van der Waals surface area contributed by atoms with E-state index in [-0.39, 0.29) is 0 Å². The first kappa shape index (κ1) is 9.50. The maximum absolute atomic E-state index is 5.22. The summed E-state index contributed by atoms with van der Waals surface area (Å²) < 4.78 is 5.22. The molecule has 0 aromatic carbocycles. The molecule has 2 atom stereocenters. The van der Waals surface area contributed by atoms with Crippen LogP contribution in [0.3, 0.4) is 0 Å². The van der Waals surface area contributed by atoms with Crippen molar-refractivity contribution >= 4 is 5.71 Å². The number of allylic oxidation sites excluding steroid dienone is 1. The van der Waals surface area contributed by atoms with Gasteiger partial charge in [-0.3, -0.25) is 4.99 Å². The molecule has 1 aliphatic heterocycles. The van der Waals surface area contributed by atoms with E-state index in [2.05, 4.69) is 19.1 Å². The summed E-state index contributed by atoms with van der Waals surface area (Å²) in [5.74, 6) is 1.54. The Labute approximate surface area is 85.4 Å². The highest BCUT2D eigenvalue weighted by Gasteiger charge is 2.27.